The number of aromatic nitrogens is 5. The van der Waals surface area contributed by atoms with Crippen LogP contribution in [0.15, 0.2) is 35.1 Å². The molecule has 2 aromatic heterocycles. The van der Waals surface area contributed by atoms with Crippen LogP contribution < -0.4 is 16.6 Å². The summed E-state index contributed by atoms with van der Waals surface area (Å²) in [6.45, 7) is 0.223. The van der Waals surface area contributed by atoms with Crippen LogP contribution in [-0.4, -0.2) is 42.3 Å². The Balaban J connectivity index is 1.58. The molecule has 0 unspecified atom stereocenters. The van der Waals surface area contributed by atoms with Crippen molar-refractivity contribution in [2.45, 2.75) is 6.54 Å². The average Bonchev–Trinajstić information content (AvgIpc) is 3.23. The third-order valence-corrected chi connectivity index (χ3v) is 3.11. The van der Waals surface area contributed by atoms with Crippen molar-refractivity contribution in [1.29, 1.82) is 0 Å². The van der Waals surface area contributed by atoms with Gasteiger partial charge in [0.2, 0.25) is 11.6 Å². The van der Waals surface area contributed by atoms with Gasteiger partial charge in [-0.25, -0.2) is 14.8 Å². The first kappa shape index (κ1) is 16.1. The SMILES string of the molecule is Nc1nonc1-n1cc(C(=O)NNCc2cccc(C(=O)O)c2)nn1. The Hall–Kier alpha value is -3.80. The van der Waals surface area contributed by atoms with Gasteiger partial charge >= 0.3 is 5.97 Å². The van der Waals surface area contributed by atoms with Crippen molar-refractivity contribution in [2.24, 2.45) is 0 Å². The second kappa shape index (κ2) is 6.76. The normalized spacial score (nSPS) is 10.6. The standard InChI is InChI=1S/C13H12N8O4/c14-10-11(19-25-18-10)21-6-9(16-20-21)12(22)17-15-5-7-2-1-3-8(4-7)13(23)24/h1-4,6,15H,5H2,(H2,14,18)(H,17,22)(H,23,24). The van der Waals surface area contributed by atoms with Gasteiger partial charge in [-0.3, -0.25) is 10.2 Å². The highest BCUT2D eigenvalue weighted by Crippen LogP contribution is 2.09. The van der Waals surface area contributed by atoms with E-state index in [1.807, 2.05) is 0 Å². The topological polar surface area (TPSA) is 174 Å². The molecule has 1 aromatic carbocycles. The van der Waals surface area contributed by atoms with Crippen molar-refractivity contribution in [3.8, 4) is 5.82 Å². The molecule has 0 radical (unpaired) electrons. The summed E-state index contributed by atoms with van der Waals surface area (Å²) in [6.07, 6.45) is 1.30. The molecule has 0 atom stereocenters. The second-order valence-electron chi connectivity index (χ2n) is 4.83. The maximum absolute atomic E-state index is 12.0. The molecular weight excluding hydrogens is 332 g/mol. The molecule has 0 aliphatic heterocycles. The van der Waals surface area contributed by atoms with Crippen molar-refractivity contribution in [1.82, 2.24) is 36.2 Å². The fourth-order valence-corrected chi connectivity index (χ4v) is 1.93. The fourth-order valence-electron chi connectivity index (χ4n) is 1.93. The summed E-state index contributed by atoms with van der Waals surface area (Å²) >= 11 is 0. The molecule has 0 saturated carbocycles. The van der Waals surface area contributed by atoms with Crippen LogP contribution in [0.1, 0.15) is 26.4 Å². The van der Waals surface area contributed by atoms with E-state index in [0.29, 0.717) is 5.56 Å². The quantitative estimate of drug-likeness (QED) is 0.421. The number of nitrogens with two attached hydrogens (primary N) is 1. The number of hydrogen-bond acceptors (Lipinski definition) is 9. The molecule has 0 aliphatic carbocycles. The molecule has 0 aliphatic rings. The molecule has 0 bridgehead atoms. The maximum atomic E-state index is 12.0. The van der Waals surface area contributed by atoms with Crippen molar-refractivity contribution in [2.75, 3.05) is 5.73 Å². The largest absolute Gasteiger partial charge is 0.478 e. The molecule has 0 spiro atoms. The number of carbonyl (C=O) groups excluding carboxylic acids is 1. The van der Waals surface area contributed by atoms with Crippen LogP contribution in [0, 0.1) is 0 Å². The highest BCUT2D eigenvalue weighted by Gasteiger charge is 2.15. The van der Waals surface area contributed by atoms with Gasteiger partial charge in [0, 0.05) is 6.54 Å². The number of anilines is 1. The van der Waals surface area contributed by atoms with Gasteiger partial charge in [0.1, 0.15) is 0 Å². The lowest BCUT2D eigenvalue weighted by Crippen LogP contribution is -2.37. The number of carbonyl (C=O) groups is 2. The zero-order valence-corrected chi connectivity index (χ0v) is 12.6. The minimum absolute atomic E-state index is 0.00768. The van der Waals surface area contributed by atoms with Gasteiger partial charge in [0.25, 0.3) is 5.91 Å². The molecule has 12 nitrogen and oxygen atoms in total. The fraction of sp³-hybridized carbons (Fsp3) is 0.0769. The number of carboxylic acid groups (broad SMARTS) is 1. The third-order valence-electron chi connectivity index (χ3n) is 3.11. The molecule has 0 fully saturated rings. The van der Waals surface area contributed by atoms with Crippen LogP contribution in [0.4, 0.5) is 5.82 Å². The predicted molar refractivity (Wildman–Crippen MR) is 81.3 cm³/mol. The summed E-state index contributed by atoms with van der Waals surface area (Å²) in [5.41, 5.74) is 11.5. The zero-order valence-electron chi connectivity index (χ0n) is 12.6. The van der Waals surface area contributed by atoms with Gasteiger partial charge < -0.3 is 10.8 Å². The Kier molecular flexibility index (Phi) is 4.34. The first-order valence-electron chi connectivity index (χ1n) is 6.91. The molecular formula is C13H12N8O4. The summed E-state index contributed by atoms with van der Waals surface area (Å²) in [5.74, 6) is -1.45. The Morgan fingerprint density at radius 1 is 1.32 bits per heavy atom. The molecule has 1 amide bonds. The van der Waals surface area contributed by atoms with Gasteiger partial charge in [0.05, 0.1) is 11.8 Å². The summed E-state index contributed by atoms with van der Waals surface area (Å²) < 4.78 is 5.59. The molecule has 3 aromatic rings. The van der Waals surface area contributed by atoms with Gasteiger partial charge in [-0.2, -0.15) is 4.68 Å². The van der Waals surface area contributed by atoms with Crippen molar-refractivity contribution >= 4 is 17.7 Å². The van der Waals surface area contributed by atoms with Crippen LogP contribution in [0.25, 0.3) is 5.82 Å². The Labute approximate surface area is 139 Å². The van der Waals surface area contributed by atoms with Gasteiger partial charge in [-0.05, 0) is 28.0 Å². The van der Waals surface area contributed by atoms with Crippen molar-refractivity contribution < 1.29 is 19.3 Å². The minimum atomic E-state index is -1.02. The van der Waals surface area contributed by atoms with Gasteiger partial charge in [0.15, 0.2) is 5.69 Å². The number of aromatic carboxylic acids is 1. The number of hydrogen-bond donors (Lipinski definition) is 4. The van der Waals surface area contributed by atoms with Crippen LogP contribution in [0.3, 0.4) is 0 Å². The number of nitrogens with one attached hydrogen (secondary N) is 2. The number of benzene rings is 1. The smallest absolute Gasteiger partial charge is 0.335 e. The van der Waals surface area contributed by atoms with Crippen LogP contribution >= 0.6 is 0 Å². The number of nitrogens with zero attached hydrogens (tertiary/aromatic N) is 5. The van der Waals surface area contributed by atoms with E-state index in [1.165, 1.54) is 18.3 Å². The molecule has 5 N–H and O–H groups in total. The molecule has 3 rings (SSSR count). The molecule has 25 heavy (non-hydrogen) atoms. The Morgan fingerprint density at radius 3 is 2.88 bits per heavy atom. The Morgan fingerprint density at radius 2 is 2.16 bits per heavy atom. The van der Waals surface area contributed by atoms with Crippen LogP contribution in [-0.2, 0) is 6.54 Å². The maximum Gasteiger partial charge on any atom is 0.335 e. The van der Waals surface area contributed by atoms with E-state index in [9.17, 15) is 9.59 Å². The van der Waals surface area contributed by atoms with E-state index in [4.69, 9.17) is 10.8 Å². The van der Waals surface area contributed by atoms with Crippen LogP contribution in [0.2, 0.25) is 0 Å². The van der Waals surface area contributed by atoms with E-state index < -0.39 is 11.9 Å². The van der Waals surface area contributed by atoms with Crippen molar-refractivity contribution in [3.05, 3.63) is 47.3 Å². The number of nitrogen functional groups attached to an aromatic ring is 1. The first-order valence-corrected chi connectivity index (χ1v) is 6.91. The van der Waals surface area contributed by atoms with Gasteiger partial charge in [-0.1, -0.05) is 17.3 Å². The first-order chi connectivity index (χ1) is 12.0. The average molecular weight is 344 g/mol. The molecule has 2 heterocycles. The molecule has 128 valence electrons. The zero-order chi connectivity index (χ0) is 17.8. The number of carboxylic acids is 1. The summed E-state index contributed by atoms with van der Waals surface area (Å²) in [5, 5.41) is 23.3. The molecule has 12 heteroatoms. The van der Waals surface area contributed by atoms with Crippen molar-refractivity contribution in [3.63, 3.8) is 0 Å². The summed E-state index contributed by atoms with van der Waals surface area (Å²) in [6, 6.07) is 6.32. The predicted octanol–water partition coefficient (Wildman–Crippen LogP) is -0.635. The second-order valence-corrected chi connectivity index (χ2v) is 4.83. The number of rotatable bonds is 6. The van der Waals surface area contributed by atoms with Gasteiger partial charge in [-0.15, -0.1) is 5.10 Å². The minimum Gasteiger partial charge on any atom is -0.478 e. The molecule has 0 saturated heterocycles. The lowest BCUT2D eigenvalue weighted by molar-refractivity contribution is 0.0696. The third kappa shape index (κ3) is 3.59. The Bertz CT molecular complexity index is 918. The summed E-state index contributed by atoms with van der Waals surface area (Å²) in [7, 11) is 0. The van der Waals surface area contributed by atoms with E-state index in [2.05, 4.69) is 36.1 Å². The highest BCUT2D eigenvalue weighted by molar-refractivity contribution is 5.91. The van der Waals surface area contributed by atoms with E-state index in [-0.39, 0.29) is 29.4 Å². The van der Waals surface area contributed by atoms with E-state index in [0.717, 1.165) is 4.68 Å². The monoisotopic (exact) mass is 344 g/mol. The highest BCUT2D eigenvalue weighted by atomic mass is 16.6. The van der Waals surface area contributed by atoms with E-state index >= 15 is 0 Å². The number of hydrazine groups is 1. The lowest BCUT2D eigenvalue weighted by Gasteiger charge is -2.06. The lowest BCUT2D eigenvalue weighted by atomic mass is 10.1. The number of amides is 1. The van der Waals surface area contributed by atoms with E-state index in [1.54, 1.807) is 12.1 Å². The van der Waals surface area contributed by atoms with Crippen LogP contribution in [0.5, 0.6) is 0 Å². The summed E-state index contributed by atoms with van der Waals surface area (Å²) in [4.78, 5) is 22.9.